The summed E-state index contributed by atoms with van der Waals surface area (Å²) in [6.45, 7) is 1.75. The van der Waals surface area contributed by atoms with Gasteiger partial charge in [0.15, 0.2) is 0 Å². The van der Waals surface area contributed by atoms with E-state index in [0.717, 1.165) is 19.5 Å². The van der Waals surface area contributed by atoms with Crippen LogP contribution in [0.15, 0.2) is 12.1 Å². The highest BCUT2D eigenvalue weighted by atomic mass is 127. The van der Waals surface area contributed by atoms with Gasteiger partial charge in [-0.15, -0.1) is 0 Å². The van der Waals surface area contributed by atoms with Crippen LogP contribution in [0.3, 0.4) is 0 Å². The molecule has 7 heteroatoms. The summed E-state index contributed by atoms with van der Waals surface area (Å²) in [6, 6.07) is 2.60. The van der Waals surface area contributed by atoms with E-state index >= 15 is 0 Å². The number of likely N-dealkylation sites (tertiary alicyclic amines) is 1. The maximum atomic E-state index is 13.5. The minimum Gasteiger partial charge on any atom is -0.375 e. The van der Waals surface area contributed by atoms with Crippen molar-refractivity contribution < 1.29 is 9.31 Å². The summed E-state index contributed by atoms with van der Waals surface area (Å²) in [5, 5.41) is 14.0. The predicted octanol–water partition coefficient (Wildman–Crippen LogP) is 2.45. The maximum Gasteiger partial charge on any atom is 0.293 e. The zero-order valence-electron chi connectivity index (χ0n) is 9.82. The number of benzene rings is 1. The van der Waals surface area contributed by atoms with Crippen LogP contribution in [0.4, 0.5) is 15.8 Å². The quantitative estimate of drug-likeness (QED) is 0.508. The summed E-state index contributed by atoms with van der Waals surface area (Å²) in [5.41, 5.74) is 0.188. The highest BCUT2D eigenvalue weighted by molar-refractivity contribution is 14.1. The average molecular weight is 365 g/mol. The molecule has 1 aromatic carbocycles. The van der Waals surface area contributed by atoms with E-state index in [2.05, 4.69) is 10.2 Å². The first-order valence-electron chi connectivity index (χ1n) is 5.56. The number of nitro groups is 1. The molecular formula is C11H13FIN3O2. The third-order valence-electron chi connectivity index (χ3n) is 2.99. The smallest absolute Gasteiger partial charge is 0.293 e. The summed E-state index contributed by atoms with van der Waals surface area (Å²) in [5.74, 6) is -0.435. The Kier molecular flexibility index (Phi) is 4.00. The van der Waals surface area contributed by atoms with Gasteiger partial charge in [-0.3, -0.25) is 10.1 Å². The first-order chi connectivity index (χ1) is 8.47. The van der Waals surface area contributed by atoms with Crippen molar-refractivity contribution in [1.29, 1.82) is 0 Å². The lowest BCUT2D eigenvalue weighted by molar-refractivity contribution is -0.384. The molecule has 0 saturated carbocycles. The summed E-state index contributed by atoms with van der Waals surface area (Å²) >= 11 is 1.75. The first kappa shape index (κ1) is 13.5. The number of hydrogen-bond acceptors (Lipinski definition) is 4. The van der Waals surface area contributed by atoms with Crippen LogP contribution in [-0.4, -0.2) is 36.0 Å². The van der Waals surface area contributed by atoms with Crippen LogP contribution in [0, 0.1) is 19.5 Å². The van der Waals surface area contributed by atoms with Gasteiger partial charge >= 0.3 is 0 Å². The Morgan fingerprint density at radius 2 is 2.33 bits per heavy atom. The zero-order valence-corrected chi connectivity index (χ0v) is 12.0. The van der Waals surface area contributed by atoms with Crippen LogP contribution in [0.25, 0.3) is 0 Å². The standard InChI is InChI=1S/C11H13FIN3O2/c1-15-3-2-7(6-15)14-10-4-8(12)9(13)5-11(10)16(17)18/h4-5,7,14H,2-3,6H2,1H3. The van der Waals surface area contributed by atoms with Crippen molar-refractivity contribution >= 4 is 34.0 Å². The molecule has 1 heterocycles. The van der Waals surface area contributed by atoms with Gasteiger partial charge < -0.3 is 10.2 Å². The average Bonchev–Trinajstić information content (AvgIpc) is 2.68. The summed E-state index contributed by atoms with van der Waals surface area (Å²) in [7, 11) is 1.99. The van der Waals surface area contributed by atoms with Crippen molar-refractivity contribution in [3.8, 4) is 0 Å². The highest BCUT2D eigenvalue weighted by Gasteiger charge is 2.24. The Morgan fingerprint density at radius 3 is 2.89 bits per heavy atom. The molecule has 18 heavy (non-hydrogen) atoms. The van der Waals surface area contributed by atoms with Crippen molar-refractivity contribution in [2.24, 2.45) is 0 Å². The van der Waals surface area contributed by atoms with Gasteiger partial charge in [0, 0.05) is 24.7 Å². The van der Waals surface area contributed by atoms with Crippen molar-refractivity contribution in [3.05, 3.63) is 31.6 Å². The molecule has 98 valence electrons. The van der Waals surface area contributed by atoms with Gasteiger partial charge in [0.25, 0.3) is 5.69 Å². The van der Waals surface area contributed by atoms with Crippen LogP contribution in [0.2, 0.25) is 0 Å². The molecule has 0 aromatic heterocycles. The second-order valence-electron chi connectivity index (χ2n) is 4.43. The van der Waals surface area contributed by atoms with Gasteiger partial charge in [-0.25, -0.2) is 4.39 Å². The number of rotatable bonds is 3. The van der Waals surface area contributed by atoms with Crippen molar-refractivity contribution in [2.45, 2.75) is 12.5 Å². The second kappa shape index (κ2) is 5.35. The topological polar surface area (TPSA) is 58.4 Å². The second-order valence-corrected chi connectivity index (χ2v) is 5.59. The number of nitrogens with zero attached hydrogens (tertiary/aromatic N) is 2. The van der Waals surface area contributed by atoms with E-state index in [1.165, 1.54) is 12.1 Å². The van der Waals surface area contributed by atoms with Crippen LogP contribution < -0.4 is 5.32 Å². The molecule has 1 aromatic rings. The fourth-order valence-corrected chi connectivity index (χ4v) is 2.53. The number of halogens is 2. The van der Waals surface area contributed by atoms with E-state index in [0.29, 0.717) is 0 Å². The largest absolute Gasteiger partial charge is 0.375 e. The Bertz CT molecular complexity index is 484. The van der Waals surface area contributed by atoms with Crippen LogP contribution in [-0.2, 0) is 0 Å². The zero-order chi connectivity index (χ0) is 13.3. The Balaban J connectivity index is 2.25. The molecule has 1 unspecified atom stereocenters. The van der Waals surface area contributed by atoms with Gasteiger partial charge in [-0.1, -0.05) is 0 Å². The molecule has 0 amide bonds. The van der Waals surface area contributed by atoms with Gasteiger partial charge in [-0.2, -0.15) is 0 Å². The molecule has 0 radical (unpaired) electrons. The Labute approximate surface area is 118 Å². The fraction of sp³-hybridized carbons (Fsp3) is 0.455. The summed E-state index contributed by atoms with van der Waals surface area (Å²) < 4.78 is 13.8. The number of nitro benzene ring substituents is 1. The SMILES string of the molecule is CN1CCC(Nc2cc(F)c(I)cc2[N+](=O)[O-])C1. The fourth-order valence-electron chi connectivity index (χ4n) is 2.08. The molecule has 1 saturated heterocycles. The predicted molar refractivity (Wildman–Crippen MR) is 75.3 cm³/mol. The van der Waals surface area contributed by atoms with Gasteiger partial charge in [0.05, 0.1) is 8.49 Å². The lowest BCUT2D eigenvalue weighted by Gasteiger charge is -2.14. The van der Waals surface area contributed by atoms with Crippen molar-refractivity contribution in [3.63, 3.8) is 0 Å². The highest BCUT2D eigenvalue weighted by Crippen LogP contribution is 2.30. The molecular weight excluding hydrogens is 352 g/mol. The minimum atomic E-state index is -0.484. The number of likely N-dealkylation sites (N-methyl/N-ethyl adjacent to an activating group) is 1. The minimum absolute atomic E-state index is 0.0737. The monoisotopic (exact) mass is 365 g/mol. The lowest BCUT2D eigenvalue weighted by Crippen LogP contribution is -2.24. The number of nitrogens with one attached hydrogen (secondary N) is 1. The number of anilines is 1. The Hall–Kier alpha value is -0.960. The number of hydrogen-bond donors (Lipinski definition) is 1. The van der Waals surface area contributed by atoms with Crippen LogP contribution >= 0.6 is 22.6 Å². The summed E-state index contributed by atoms with van der Waals surface area (Å²) in [4.78, 5) is 12.6. The third-order valence-corrected chi connectivity index (χ3v) is 3.81. The Morgan fingerprint density at radius 1 is 1.61 bits per heavy atom. The molecule has 0 aliphatic carbocycles. The first-order valence-corrected chi connectivity index (χ1v) is 6.64. The molecule has 1 aliphatic heterocycles. The third kappa shape index (κ3) is 2.89. The van der Waals surface area contributed by atoms with Crippen molar-refractivity contribution in [1.82, 2.24) is 4.90 Å². The molecule has 1 fully saturated rings. The normalized spacial score (nSPS) is 20.1. The van der Waals surface area contributed by atoms with Gasteiger partial charge in [0.2, 0.25) is 0 Å². The molecule has 2 rings (SSSR count). The maximum absolute atomic E-state index is 13.5. The van der Waals surface area contributed by atoms with Crippen LogP contribution in [0.5, 0.6) is 0 Å². The lowest BCUT2D eigenvalue weighted by atomic mass is 10.2. The van der Waals surface area contributed by atoms with Gasteiger partial charge in [-0.05, 0) is 42.6 Å². The van der Waals surface area contributed by atoms with Gasteiger partial charge in [0.1, 0.15) is 11.5 Å². The molecule has 0 spiro atoms. The van der Waals surface area contributed by atoms with E-state index in [1.54, 1.807) is 22.6 Å². The molecule has 1 atom stereocenters. The van der Waals surface area contributed by atoms with E-state index in [9.17, 15) is 14.5 Å². The van der Waals surface area contributed by atoms with Crippen molar-refractivity contribution in [2.75, 3.05) is 25.5 Å². The van der Waals surface area contributed by atoms with E-state index in [-0.39, 0.29) is 21.0 Å². The molecule has 0 bridgehead atoms. The summed E-state index contributed by atoms with van der Waals surface area (Å²) in [6.07, 6.45) is 0.904. The van der Waals surface area contributed by atoms with Crippen LogP contribution in [0.1, 0.15) is 6.42 Å². The molecule has 5 nitrogen and oxygen atoms in total. The van der Waals surface area contributed by atoms with E-state index in [4.69, 9.17) is 0 Å². The van der Waals surface area contributed by atoms with E-state index in [1.807, 2.05) is 7.05 Å². The van der Waals surface area contributed by atoms with E-state index < -0.39 is 10.7 Å². The molecule has 1 aliphatic rings. The molecule has 1 N–H and O–H groups in total.